The van der Waals surface area contributed by atoms with E-state index >= 15 is 0 Å². The lowest BCUT2D eigenvalue weighted by Gasteiger charge is -2.17. The predicted molar refractivity (Wildman–Crippen MR) is 88.1 cm³/mol. The van der Waals surface area contributed by atoms with Crippen molar-refractivity contribution in [3.05, 3.63) is 35.7 Å². The van der Waals surface area contributed by atoms with E-state index < -0.39 is 6.36 Å². The average molecular weight is 355 g/mol. The van der Waals surface area contributed by atoms with E-state index in [0.717, 1.165) is 18.4 Å². The Bertz CT molecular complexity index is 671. The van der Waals surface area contributed by atoms with Gasteiger partial charge in [0.2, 0.25) is 11.9 Å². The summed E-state index contributed by atoms with van der Waals surface area (Å²) < 4.78 is 40.3. The number of hydrogen-bond donors (Lipinski definition) is 2. The van der Waals surface area contributed by atoms with Crippen molar-refractivity contribution in [1.82, 2.24) is 15.0 Å². The molecule has 0 amide bonds. The molecule has 0 aliphatic rings. The van der Waals surface area contributed by atoms with Gasteiger partial charge in [-0.2, -0.15) is 15.0 Å². The maximum Gasteiger partial charge on any atom is 0.573 e. The van der Waals surface area contributed by atoms with Gasteiger partial charge in [-0.1, -0.05) is 19.1 Å². The van der Waals surface area contributed by atoms with Crippen molar-refractivity contribution in [2.45, 2.75) is 45.5 Å². The number of nitrogens with one attached hydrogen (secondary N) is 1. The minimum absolute atomic E-state index is 0.104. The van der Waals surface area contributed by atoms with Crippen LogP contribution in [0.1, 0.15) is 31.2 Å². The van der Waals surface area contributed by atoms with E-state index in [1.807, 2.05) is 6.92 Å². The van der Waals surface area contributed by atoms with Crippen LogP contribution in [-0.4, -0.2) is 27.4 Å². The number of alkyl halides is 3. The quantitative estimate of drug-likeness (QED) is 0.791. The van der Waals surface area contributed by atoms with E-state index in [1.54, 1.807) is 19.1 Å². The topological polar surface area (TPSA) is 86.0 Å². The van der Waals surface area contributed by atoms with Gasteiger partial charge in [0, 0.05) is 6.04 Å². The Hall–Kier alpha value is -2.58. The molecule has 2 aromatic rings. The van der Waals surface area contributed by atoms with Crippen LogP contribution in [0.25, 0.3) is 0 Å². The Labute approximate surface area is 143 Å². The van der Waals surface area contributed by atoms with Crippen molar-refractivity contribution in [2.75, 3.05) is 11.1 Å². The van der Waals surface area contributed by atoms with Crippen LogP contribution < -0.4 is 15.8 Å². The number of aromatic nitrogens is 3. The van der Waals surface area contributed by atoms with Crippen molar-refractivity contribution in [1.29, 1.82) is 0 Å². The first-order chi connectivity index (χ1) is 11.7. The summed E-state index contributed by atoms with van der Waals surface area (Å²) in [7, 11) is 0. The molecule has 0 aliphatic heterocycles. The van der Waals surface area contributed by atoms with E-state index in [2.05, 4.69) is 25.0 Å². The zero-order valence-corrected chi connectivity index (χ0v) is 14.0. The maximum absolute atomic E-state index is 12.1. The number of aryl methyl sites for hydroxylation is 2. The van der Waals surface area contributed by atoms with Gasteiger partial charge in [-0.3, -0.25) is 0 Å². The summed E-state index contributed by atoms with van der Waals surface area (Å²) in [4.78, 5) is 12.1. The second-order valence-electron chi connectivity index (χ2n) is 5.54. The molecular formula is C16H20F3N5O. The number of benzene rings is 1. The fourth-order valence-corrected chi connectivity index (χ4v) is 2.33. The molecule has 1 heterocycles. The Balaban J connectivity index is 1.91. The highest BCUT2D eigenvalue weighted by Crippen LogP contribution is 2.23. The van der Waals surface area contributed by atoms with Gasteiger partial charge >= 0.3 is 6.36 Å². The molecule has 1 aromatic heterocycles. The number of nitrogen functional groups attached to an aromatic ring is 1. The zero-order valence-electron chi connectivity index (χ0n) is 14.0. The smallest absolute Gasteiger partial charge is 0.406 e. The van der Waals surface area contributed by atoms with Crippen LogP contribution in [0.3, 0.4) is 0 Å². The van der Waals surface area contributed by atoms with Crippen molar-refractivity contribution in [3.8, 4) is 5.75 Å². The predicted octanol–water partition coefficient (Wildman–Crippen LogP) is 3.48. The summed E-state index contributed by atoms with van der Waals surface area (Å²) in [5, 5.41) is 3.21. The van der Waals surface area contributed by atoms with Gasteiger partial charge < -0.3 is 15.8 Å². The molecule has 1 aromatic carbocycles. The van der Waals surface area contributed by atoms with Crippen LogP contribution in [0.4, 0.5) is 25.1 Å². The molecular weight excluding hydrogens is 335 g/mol. The van der Waals surface area contributed by atoms with Gasteiger partial charge in [0.25, 0.3) is 0 Å². The molecule has 1 unspecified atom stereocenters. The SMILES string of the molecule is CCC(CCc1ccc(OC(F)(F)F)cc1)Nc1nc(C)nc(N)n1. The maximum atomic E-state index is 12.1. The van der Waals surface area contributed by atoms with Crippen LogP contribution in [0, 0.1) is 6.92 Å². The third-order valence-electron chi connectivity index (χ3n) is 3.53. The molecule has 136 valence electrons. The Morgan fingerprint density at radius 2 is 1.84 bits per heavy atom. The fourth-order valence-electron chi connectivity index (χ4n) is 2.33. The number of halogens is 3. The molecule has 1 atom stereocenters. The molecule has 0 radical (unpaired) electrons. The third kappa shape index (κ3) is 6.44. The van der Waals surface area contributed by atoms with E-state index in [0.29, 0.717) is 18.2 Å². The zero-order chi connectivity index (χ0) is 18.4. The molecule has 0 saturated heterocycles. The van der Waals surface area contributed by atoms with Gasteiger partial charge in [-0.15, -0.1) is 13.2 Å². The van der Waals surface area contributed by atoms with Crippen LogP contribution in [0.5, 0.6) is 5.75 Å². The second kappa shape index (κ2) is 8.00. The Morgan fingerprint density at radius 3 is 2.40 bits per heavy atom. The average Bonchev–Trinajstić information content (AvgIpc) is 2.50. The summed E-state index contributed by atoms with van der Waals surface area (Å²) in [6.45, 7) is 3.75. The lowest BCUT2D eigenvalue weighted by Crippen LogP contribution is -2.21. The van der Waals surface area contributed by atoms with Gasteiger partial charge in [-0.25, -0.2) is 0 Å². The third-order valence-corrected chi connectivity index (χ3v) is 3.53. The minimum Gasteiger partial charge on any atom is -0.406 e. The molecule has 0 saturated carbocycles. The Kier molecular flexibility index (Phi) is 6.00. The van der Waals surface area contributed by atoms with E-state index in [-0.39, 0.29) is 17.7 Å². The standard InChI is InChI=1S/C16H20F3N5O/c1-3-12(23-15-22-10(2)21-14(20)24-15)7-4-11-5-8-13(9-6-11)25-16(17,18)19/h5-6,8-9,12H,3-4,7H2,1-2H3,(H3,20,21,22,23,24). The van der Waals surface area contributed by atoms with Crippen molar-refractivity contribution in [2.24, 2.45) is 0 Å². The molecule has 0 fully saturated rings. The molecule has 9 heteroatoms. The molecule has 6 nitrogen and oxygen atoms in total. The summed E-state index contributed by atoms with van der Waals surface area (Å²) in [6.07, 6.45) is -2.39. The van der Waals surface area contributed by atoms with Gasteiger partial charge in [0.15, 0.2) is 0 Å². The summed E-state index contributed by atoms with van der Waals surface area (Å²) in [5.74, 6) is 0.888. The number of nitrogens with two attached hydrogens (primary N) is 1. The van der Waals surface area contributed by atoms with E-state index in [1.165, 1.54) is 12.1 Å². The number of rotatable bonds is 7. The van der Waals surface area contributed by atoms with Crippen LogP contribution in [0.2, 0.25) is 0 Å². The fraction of sp³-hybridized carbons (Fsp3) is 0.438. The molecule has 3 N–H and O–H groups in total. The lowest BCUT2D eigenvalue weighted by atomic mass is 10.0. The Morgan fingerprint density at radius 1 is 1.16 bits per heavy atom. The van der Waals surface area contributed by atoms with Gasteiger partial charge in [0.1, 0.15) is 11.6 Å². The number of nitrogens with zero attached hydrogens (tertiary/aromatic N) is 3. The first-order valence-corrected chi connectivity index (χ1v) is 7.84. The lowest BCUT2D eigenvalue weighted by molar-refractivity contribution is -0.274. The normalized spacial score (nSPS) is 12.7. The molecule has 25 heavy (non-hydrogen) atoms. The van der Waals surface area contributed by atoms with Gasteiger partial charge in [-0.05, 0) is 43.9 Å². The van der Waals surface area contributed by atoms with Crippen molar-refractivity contribution in [3.63, 3.8) is 0 Å². The van der Waals surface area contributed by atoms with E-state index in [4.69, 9.17) is 5.73 Å². The number of hydrogen-bond acceptors (Lipinski definition) is 6. The highest BCUT2D eigenvalue weighted by atomic mass is 19.4. The largest absolute Gasteiger partial charge is 0.573 e. The van der Waals surface area contributed by atoms with Gasteiger partial charge in [0.05, 0.1) is 0 Å². The second-order valence-corrected chi connectivity index (χ2v) is 5.54. The van der Waals surface area contributed by atoms with Crippen LogP contribution >= 0.6 is 0 Å². The monoisotopic (exact) mass is 355 g/mol. The van der Waals surface area contributed by atoms with Crippen molar-refractivity contribution < 1.29 is 17.9 Å². The molecule has 0 aliphatic carbocycles. The number of ether oxygens (including phenoxy) is 1. The first-order valence-electron chi connectivity index (χ1n) is 7.84. The van der Waals surface area contributed by atoms with Crippen molar-refractivity contribution >= 4 is 11.9 Å². The first kappa shape index (κ1) is 18.8. The van der Waals surface area contributed by atoms with E-state index in [9.17, 15) is 13.2 Å². The highest BCUT2D eigenvalue weighted by Gasteiger charge is 2.30. The minimum atomic E-state index is -4.68. The van der Waals surface area contributed by atoms with Crippen LogP contribution in [-0.2, 0) is 6.42 Å². The molecule has 2 rings (SSSR count). The van der Waals surface area contributed by atoms with Crippen LogP contribution in [0.15, 0.2) is 24.3 Å². The highest BCUT2D eigenvalue weighted by molar-refractivity contribution is 5.32. The molecule has 0 bridgehead atoms. The molecule has 0 spiro atoms. The summed E-state index contributed by atoms with van der Waals surface area (Å²) in [6, 6.07) is 5.98. The number of anilines is 2. The summed E-state index contributed by atoms with van der Waals surface area (Å²) in [5.41, 5.74) is 6.52. The summed E-state index contributed by atoms with van der Waals surface area (Å²) >= 11 is 0.